The molecule has 3 aromatic rings. The molecule has 1 aliphatic heterocycles. The molecule has 0 aliphatic carbocycles. The average Bonchev–Trinajstić information content (AvgIpc) is 3.30. The van der Waals surface area contributed by atoms with Crippen molar-refractivity contribution in [3.8, 4) is 0 Å². The second-order valence-corrected chi connectivity index (χ2v) is 7.96. The highest BCUT2D eigenvalue weighted by molar-refractivity contribution is 6.51. The minimum absolute atomic E-state index is 0.0348. The smallest absolute Gasteiger partial charge is 0.300 e. The number of carbonyl (C=O) groups is 2. The van der Waals surface area contributed by atoms with Gasteiger partial charge < -0.3 is 9.52 Å². The Morgan fingerprint density at radius 1 is 1.00 bits per heavy atom. The minimum Gasteiger partial charge on any atom is -0.507 e. The number of hydrogen-bond acceptors (Lipinski definition) is 4. The van der Waals surface area contributed by atoms with Crippen molar-refractivity contribution in [3.63, 3.8) is 0 Å². The van der Waals surface area contributed by atoms with E-state index < -0.39 is 17.7 Å². The summed E-state index contributed by atoms with van der Waals surface area (Å²) in [6.45, 7) is 7.63. The number of ketones is 1. The van der Waals surface area contributed by atoms with E-state index in [1.165, 1.54) is 4.90 Å². The average molecular weight is 415 g/mol. The molecule has 0 bridgehead atoms. The van der Waals surface area contributed by atoms with Crippen LogP contribution in [0.2, 0.25) is 0 Å². The van der Waals surface area contributed by atoms with Gasteiger partial charge in [0.1, 0.15) is 23.3 Å². The molecular weight excluding hydrogens is 390 g/mol. The molecule has 5 heteroatoms. The lowest BCUT2D eigenvalue weighted by Crippen LogP contribution is -2.29. The number of aryl methyl sites for hydroxylation is 4. The second-order valence-electron chi connectivity index (χ2n) is 7.96. The number of aliphatic hydroxyl groups is 1. The van der Waals surface area contributed by atoms with Crippen LogP contribution in [0.3, 0.4) is 0 Å². The Balaban J connectivity index is 1.94. The van der Waals surface area contributed by atoms with Crippen molar-refractivity contribution in [3.05, 3.63) is 93.9 Å². The number of nitrogens with zero attached hydrogens (tertiary/aromatic N) is 1. The monoisotopic (exact) mass is 415 g/mol. The summed E-state index contributed by atoms with van der Waals surface area (Å²) in [7, 11) is 0. The lowest BCUT2D eigenvalue weighted by atomic mass is 9.96. The maximum absolute atomic E-state index is 13.2. The quantitative estimate of drug-likeness (QED) is 0.352. The number of rotatable bonds is 4. The van der Waals surface area contributed by atoms with Gasteiger partial charge in [0.15, 0.2) is 0 Å². The molecule has 2 heterocycles. The fourth-order valence-electron chi connectivity index (χ4n) is 4.00. The van der Waals surface area contributed by atoms with E-state index in [4.69, 9.17) is 4.42 Å². The number of benzene rings is 2. The van der Waals surface area contributed by atoms with Gasteiger partial charge in [-0.1, -0.05) is 36.8 Å². The fourth-order valence-corrected chi connectivity index (χ4v) is 4.00. The van der Waals surface area contributed by atoms with E-state index in [0.29, 0.717) is 22.8 Å². The van der Waals surface area contributed by atoms with E-state index in [9.17, 15) is 14.7 Å². The summed E-state index contributed by atoms with van der Waals surface area (Å²) >= 11 is 0. The normalized spacial score (nSPS) is 18.1. The van der Waals surface area contributed by atoms with E-state index in [0.717, 1.165) is 23.1 Å². The summed E-state index contributed by atoms with van der Waals surface area (Å²) in [5, 5.41) is 11.2. The number of carbonyl (C=O) groups excluding carboxylic acids is 2. The van der Waals surface area contributed by atoms with E-state index in [1.54, 1.807) is 19.1 Å². The molecular formula is C26H25NO4. The van der Waals surface area contributed by atoms with Crippen LogP contribution in [0.1, 0.15) is 46.7 Å². The Labute approximate surface area is 181 Å². The Kier molecular flexibility index (Phi) is 5.27. The zero-order valence-corrected chi connectivity index (χ0v) is 18.1. The van der Waals surface area contributed by atoms with Crippen LogP contribution in [0, 0.1) is 20.8 Å². The lowest BCUT2D eigenvalue weighted by molar-refractivity contribution is -0.132. The minimum atomic E-state index is -0.846. The SMILES string of the molecule is CCc1ccc(N2C(=O)C(=O)/C(=C(/O)c3cc(C)ccc3C)C2c2ccc(C)o2)cc1. The van der Waals surface area contributed by atoms with Gasteiger partial charge in [-0.15, -0.1) is 0 Å². The van der Waals surface area contributed by atoms with Gasteiger partial charge in [0.25, 0.3) is 11.7 Å². The van der Waals surface area contributed by atoms with Gasteiger partial charge in [0, 0.05) is 11.3 Å². The third kappa shape index (κ3) is 3.56. The van der Waals surface area contributed by atoms with Crippen molar-refractivity contribution in [2.75, 3.05) is 4.90 Å². The lowest BCUT2D eigenvalue weighted by Gasteiger charge is -2.23. The third-order valence-electron chi connectivity index (χ3n) is 5.75. The van der Waals surface area contributed by atoms with Gasteiger partial charge in [0.05, 0.1) is 5.57 Å². The predicted octanol–water partition coefficient (Wildman–Crippen LogP) is 5.39. The van der Waals surface area contributed by atoms with Gasteiger partial charge in [-0.3, -0.25) is 14.5 Å². The number of hydrogen-bond donors (Lipinski definition) is 1. The van der Waals surface area contributed by atoms with Crippen molar-refractivity contribution >= 4 is 23.1 Å². The number of Topliss-reactive ketones (excluding diaryl/α,β-unsaturated/α-hetero) is 1. The van der Waals surface area contributed by atoms with Gasteiger partial charge in [-0.25, -0.2) is 0 Å². The molecule has 1 aliphatic rings. The Morgan fingerprint density at radius 3 is 2.32 bits per heavy atom. The first-order chi connectivity index (χ1) is 14.8. The highest BCUT2D eigenvalue weighted by atomic mass is 16.3. The third-order valence-corrected chi connectivity index (χ3v) is 5.75. The highest BCUT2D eigenvalue weighted by Gasteiger charge is 2.48. The van der Waals surface area contributed by atoms with E-state index in [-0.39, 0.29) is 11.3 Å². The fraction of sp³-hybridized carbons (Fsp3) is 0.231. The molecule has 31 heavy (non-hydrogen) atoms. The molecule has 1 unspecified atom stereocenters. The molecule has 0 saturated carbocycles. The standard InChI is InChI=1S/C26H25NO4/c1-5-18-9-11-19(12-10-18)27-23(21-13-8-17(4)31-21)22(25(29)26(27)30)24(28)20-14-15(2)6-7-16(20)3/h6-14,23,28H,5H2,1-4H3/b24-22+. The van der Waals surface area contributed by atoms with Gasteiger partial charge >= 0.3 is 0 Å². The number of furan rings is 1. The molecule has 0 spiro atoms. The summed E-state index contributed by atoms with van der Waals surface area (Å²) in [5.41, 5.74) is 4.04. The zero-order chi connectivity index (χ0) is 22.3. The number of amides is 1. The maximum atomic E-state index is 13.2. The van der Waals surface area contributed by atoms with Crippen LogP contribution in [0.5, 0.6) is 0 Å². The predicted molar refractivity (Wildman–Crippen MR) is 120 cm³/mol. The molecule has 1 atom stereocenters. The van der Waals surface area contributed by atoms with Gasteiger partial charge in [0.2, 0.25) is 0 Å². The number of anilines is 1. The Bertz CT molecular complexity index is 1200. The Morgan fingerprint density at radius 2 is 1.71 bits per heavy atom. The van der Waals surface area contributed by atoms with E-state index in [2.05, 4.69) is 6.92 Å². The van der Waals surface area contributed by atoms with Crippen LogP contribution in [0.25, 0.3) is 5.76 Å². The molecule has 1 amide bonds. The van der Waals surface area contributed by atoms with Crippen LogP contribution in [-0.4, -0.2) is 16.8 Å². The van der Waals surface area contributed by atoms with Crippen molar-refractivity contribution < 1.29 is 19.1 Å². The Hall–Kier alpha value is -3.60. The second kappa shape index (κ2) is 7.91. The molecule has 2 aromatic carbocycles. The molecule has 0 radical (unpaired) electrons. The van der Waals surface area contributed by atoms with Crippen molar-refractivity contribution in [1.82, 2.24) is 0 Å². The first kappa shape index (κ1) is 20.7. The van der Waals surface area contributed by atoms with Crippen LogP contribution in [-0.2, 0) is 16.0 Å². The maximum Gasteiger partial charge on any atom is 0.300 e. The molecule has 1 N–H and O–H groups in total. The van der Waals surface area contributed by atoms with Crippen LogP contribution >= 0.6 is 0 Å². The molecule has 158 valence electrons. The van der Waals surface area contributed by atoms with E-state index in [1.807, 2.05) is 56.3 Å². The largest absolute Gasteiger partial charge is 0.507 e. The first-order valence-electron chi connectivity index (χ1n) is 10.4. The first-order valence-corrected chi connectivity index (χ1v) is 10.4. The molecule has 5 nitrogen and oxygen atoms in total. The van der Waals surface area contributed by atoms with Crippen LogP contribution < -0.4 is 4.90 Å². The summed E-state index contributed by atoms with van der Waals surface area (Å²) in [4.78, 5) is 27.7. The van der Waals surface area contributed by atoms with E-state index >= 15 is 0 Å². The summed E-state index contributed by atoms with van der Waals surface area (Å²) < 4.78 is 5.84. The van der Waals surface area contributed by atoms with Gasteiger partial charge in [-0.2, -0.15) is 0 Å². The van der Waals surface area contributed by atoms with Crippen molar-refractivity contribution in [2.45, 2.75) is 40.2 Å². The van der Waals surface area contributed by atoms with Gasteiger partial charge in [-0.05, 0) is 68.7 Å². The summed E-state index contributed by atoms with van der Waals surface area (Å²) in [5.74, 6) is -0.504. The van der Waals surface area contributed by atoms with Crippen LogP contribution in [0.15, 0.2) is 64.6 Å². The number of aliphatic hydroxyl groups excluding tert-OH is 1. The molecule has 4 rings (SSSR count). The molecule has 1 saturated heterocycles. The topological polar surface area (TPSA) is 70.8 Å². The molecule has 1 aromatic heterocycles. The summed E-state index contributed by atoms with van der Waals surface area (Å²) in [6.07, 6.45) is 0.868. The van der Waals surface area contributed by atoms with Crippen LogP contribution in [0.4, 0.5) is 5.69 Å². The zero-order valence-electron chi connectivity index (χ0n) is 18.1. The highest BCUT2D eigenvalue weighted by Crippen LogP contribution is 2.43. The van der Waals surface area contributed by atoms with Crippen molar-refractivity contribution in [1.29, 1.82) is 0 Å². The summed E-state index contributed by atoms with van der Waals surface area (Å²) in [6, 6.07) is 15.8. The van der Waals surface area contributed by atoms with Crippen molar-refractivity contribution in [2.24, 2.45) is 0 Å². The molecule has 1 fully saturated rings.